The number of benzene rings is 1. The van der Waals surface area contributed by atoms with Crippen molar-refractivity contribution in [3.63, 3.8) is 0 Å². The van der Waals surface area contributed by atoms with Crippen molar-refractivity contribution in [2.45, 2.75) is 37.5 Å². The minimum absolute atomic E-state index is 0.0300. The van der Waals surface area contributed by atoms with Gasteiger partial charge in [0.15, 0.2) is 0 Å². The number of likely N-dealkylation sites (tertiary alicyclic amines) is 1. The Balaban J connectivity index is 1.76. The average Bonchev–Trinajstić information content (AvgIpc) is 2.68. The van der Waals surface area contributed by atoms with Gasteiger partial charge in [0.05, 0.1) is 16.4 Å². The van der Waals surface area contributed by atoms with E-state index in [-0.39, 0.29) is 28.8 Å². The lowest BCUT2D eigenvalue weighted by Crippen LogP contribution is -2.48. The highest BCUT2D eigenvalue weighted by Crippen LogP contribution is 2.27. The zero-order valence-corrected chi connectivity index (χ0v) is 15.9. The molecule has 2 aliphatic heterocycles. The number of piperidine rings is 2. The fraction of sp³-hybridized carbons (Fsp3) is 0.579. The molecule has 0 bridgehead atoms. The monoisotopic (exact) mass is 375 g/mol. The number of hydrogen-bond donors (Lipinski definition) is 0. The highest BCUT2D eigenvalue weighted by Gasteiger charge is 2.36. The van der Waals surface area contributed by atoms with E-state index in [2.05, 4.69) is 6.92 Å². The molecule has 3 rings (SSSR count). The molecule has 1 amide bonds. The maximum Gasteiger partial charge on any atom is 0.244 e. The molecule has 1 aromatic carbocycles. The van der Waals surface area contributed by atoms with E-state index in [0.717, 1.165) is 32.4 Å². The van der Waals surface area contributed by atoms with Crippen LogP contribution in [0.2, 0.25) is 0 Å². The van der Waals surface area contributed by atoms with E-state index in [1.165, 1.54) is 16.4 Å². The average molecular weight is 375 g/mol. The molecule has 0 aliphatic carbocycles. The fourth-order valence-electron chi connectivity index (χ4n) is 3.77. The number of nitrogens with zero attached hydrogens (tertiary/aromatic N) is 3. The molecule has 2 saturated heterocycles. The summed E-state index contributed by atoms with van der Waals surface area (Å²) in [5.41, 5.74) is 0.144. The second-order valence-corrected chi connectivity index (χ2v) is 9.22. The molecule has 0 N–H and O–H groups in total. The number of nitriles is 1. The number of sulfonamides is 1. The van der Waals surface area contributed by atoms with E-state index >= 15 is 0 Å². The molecule has 0 aromatic heterocycles. The Hall–Kier alpha value is -1.91. The third-order valence-electron chi connectivity index (χ3n) is 5.45. The number of amides is 1. The molecular weight excluding hydrogens is 350 g/mol. The minimum atomic E-state index is -3.77. The van der Waals surface area contributed by atoms with Crippen molar-refractivity contribution in [3.05, 3.63) is 29.8 Å². The van der Waals surface area contributed by atoms with E-state index in [9.17, 15) is 18.5 Å². The largest absolute Gasteiger partial charge is 0.342 e. The molecule has 1 atom stereocenters. The summed E-state index contributed by atoms with van der Waals surface area (Å²) in [6, 6.07) is 8.19. The Kier molecular flexibility index (Phi) is 5.64. The van der Waals surface area contributed by atoms with Crippen molar-refractivity contribution in [2.75, 3.05) is 26.2 Å². The van der Waals surface area contributed by atoms with Gasteiger partial charge in [-0.2, -0.15) is 9.57 Å². The zero-order chi connectivity index (χ0) is 18.7. The van der Waals surface area contributed by atoms with Crippen molar-refractivity contribution in [1.82, 2.24) is 9.21 Å². The Morgan fingerprint density at radius 2 is 1.85 bits per heavy atom. The maximum atomic E-state index is 13.0. The van der Waals surface area contributed by atoms with Gasteiger partial charge in [-0.15, -0.1) is 0 Å². The molecule has 0 unspecified atom stereocenters. The van der Waals surface area contributed by atoms with Crippen LogP contribution in [0.1, 0.15) is 38.2 Å². The minimum Gasteiger partial charge on any atom is -0.342 e. The number of carbonyl (C=O) groups is 1. The van der Waals surface area contributed by atoms with Crippen LogP contribution in [0, 0.1) is 23.2 Å². The highest BCUT2D eigenvalue weighted by molar-refractivity contribution is 7.89. The molecule has 0 saturated carbocycles. The van der Waals surface area contributed by atoms with Crippen LogP contribution >= 0.6 is 0 Å². The molecule has 0 spiro atoms. The van der Waals surface area contributed by atoms with Crippen LogP contribution in [0.4, 0.5) is 0 Å². The van der Waals surface area contributed by atoms with Gasteiger partial charge < -0.3 is 4.90 Å². The maximum absolute atomic E-state index is 13.0. The molecule has 26 heavy (non-hydrogen) atoms. The van der Waals surface area contributed by atoms with E-state index in [1.807, 2.05) is 11.0 Å². The van der Waals surface area contributed by atoms with Crippen LogP contribution in [0.25, 0.3) is 0 Å². The van der Waals surface area contributed by atoms with Gasteiger partial charge in [0.25, 0.3) is 0 Å². The Labute approximate surface area is 155 Å². The zero-order valence-electron chi connectivity index (χ0n) is 15.1. The van der Waals surface area contributed by atoms with Gasteiger partial charge in [-0.05, 0) is 43.7 Å². The van der Waals surface area contributed by atoms with Crippen molar-refractivity contribution >= 4 is 15.9 Å². The Morgan fingerprint density at radius 1 is 1.15 bits per heavy atom. The van der Waals surface area contributed by atoms with Crippen molar-refractivity contribution < 1.29 is 13.2 Å². The molecule has 140 valence electrons. The summed E-state index contributed by atoms with van der Waals surface area (Å²) in [5, 5.41) is 9.22. The second kappa shape index (κ2) is 7.77. The lowest BCUT2D eigenvalue weighted by atomic mass is 9.94. The topological polar surface area (TPSA) is 81.5 Å². The highest BCUT2D eigenvalue weighted by atomic mass is 32.2. The molecular formula is C19H25N3O3S. The molecule has 6 nitrogen and oxygen atoms in total. The van der Waals surface area contributed by atoms with Gasteiger partial charge in [-0.1, -0.05) is 19.1 Å². The SMILES string of the molecule is CC1CCN(C(=O)[C@@H]2CCCN(S(=O)(=O)c3ccccc3C#N)C2)CC1. The second-order valence-electron chi connectivity index (χ2n) is 7.32. The standard InChI is InChI=1S/C19H25N3O3S/c1-15-8-11-21(12-9-15)19(23)17-6-4-10-22(14-17)26(24,25)18-7-3-2-5-16(18)13-20/h2-3,5,7,15,17H,4,6,8-12,14H2,1H3/t17-/m1/s1. The van der Waals surface area contributed by atoms with Crippen LogP contribution in [-0.2, 0) is 14.8 Å². The molecule has 1 aromatic rings. The summed E-state index contributed by atoms with van der Waals surface area (Å²) < 4.78 is 27.4. The Morgan fingerprint density at radius 3 is 2.54 bits per heavy atom. The van der Waals surface area contributed by atoms with Crippen LogP contribution in [-0.4, -0.2) is 49.7 Å². The lowest BCUT2D eigenvalue weighted by Gasteiger charge is -2.37. The van der Waals surface area contributed by atoms with Crippen molar-refractivity contribution in [1.29, 1.82) is 5.26 Å². The quantitative estimate of drug-likeness (QED) is 0.811. The fourth-order valence-corrected chi connectivity index (χ4v) is 5.44. The van der Waals surface area contributed by atoms with Crippen molar-refractivity contribution in [2.24, 2.45) is 11.8 Å². The first-order valence-corrected chi connectivity index (χ1v) is 10.7. The number of rotatable bonds is 3. The van der Waals surface area contributed by atoms with Gasteiger partial charge in [0, 0.05) is 26.2 Å². The first-order valence-electron chi connectivity index (χ1n) is 9.21. The molecule has 0 radical (unpaired) electrons. The predicted octanol–water partition coefficient (Wildman–Crippen LogP) is 2.22. The first kappa shape index (κ1) is 18.9. The van der Waals surface area contributed by atoms with Gasteiger partial charge in [-0.3, -0.25) is 4.79 Å². The molecule has 2 aliphatic rings. The summed E-state index contributed by atoms with van der Waals surface area (Å²) >= 11 is 0. The summed E-state index contributed by atoms with van der Waals surface area (Å²) in [6.07, 6.45) is 3.40. The summed E-state index contributed by atoms with van der Waals surface area (Å²) in [4.78, 5) is 14.8. The third kappa shape index (κ3) is 3.76. The van der Waals surface area contributed by atoms with E-state index < -0.39 is 10.0 Å². The third-order valence-corrected chi connectivity index (χ3v) is 7.38. The molecule has 2 fully saturated rings. The van der Waals surface area contributed by atoms with Crippen LogP contribution in [0.5, 0.6) is 0 Å². The summed E-state index contributed by atoms with van der Waals surface area (Å²) in [6.45, 7) is 4.32. The number of hydrogen-bond acceptors (Lipinski definition) is 4. The van der Waals surface area contributed by atoms with E-state index in [0.29, 0.717) is 18.9 Å². The predicted molar refractivity (Wildman–Crippen MR) is 97.6 cm³/mol. The molecule has 2 heterocycles. The lowest BCUT2D eigenvalue weighted by molar-refractivity contribution is -0.138. The van der Waals surface area contributed by atoms with Crippen molar-refractivity contribution in [3.8, 4) is 6.07 Å². The van der Waals surface area contributed by atoms with Crippen LogP contribution in [0.15, 0.2) is 29.2 Å². The van der Waals surface area contributed by atoms with Gasteiger partial charge >= 0.3 is 0 Å². The van der Waals surface area contributed by atoms with E-state index in [4.69, 9.17) is 0 Å². The van der Waals surface area contributed by atoms with Gasteiger partial charge in [0.2, 0.25) is 15.9 Å². The van der Waals surface area contributed by atoms with Gasteiger partial charge in [0.1, 0.15) is 6.07 Å². The smallest absolute Gasteiger partial charge is 0.244 e. The Bertz CT molecular complexity index is 808. The first-order chi connectivity index (χ1) is 12.4. The normalized spacial score (nSPS) is 22.8. The van der Waals surface area contributed by atoms with E-state index in [1.54, 1.807) is 12.1 Å². The number of carbonyl (C=O) groups excluding carboxylic acids is 1. The summed E-state index contributed by atoms with van der Waals surface area (Å²) in [5.74, 6) is 0.427. The van der Waals surface area contributed by atoms with Crippen LogP contribution < -0.4 is 0 Å². The summed E-state index contributed by atoms with van der Waals surface area (Å²) in [7, 11) is -3.77. The van der Waals surface area contributed by atoms with Gasteiger partial charge in [-0.25, -0.2) is 8.42 Å². The molecule has 7 heteroatoms. The van der Waals surface area contributed by atoms with Crippen LogP contribution in [0.3, 0.4) is 0 Å².